The van der Waals surface area contributed by atoms with Crippen LogP contribution >= 0.6 is 0 Å². The van der Waals surface area contributed by atoms with Crippen LogP contribution in [0.5, 0.6) is 0 Å². The van der Waals surface area contributed by atoms with Gasteiger partial charge < -0.3 is 15.5 Å². The molecule has 1 heterocycles. The van der Waals surface area contributed by atoms with Crippen molar-refractivity contribution in [3.05, 3.63) is 66.0 Å². The Morgan fingerprint density at radius 3 is 2.23 bits per heavy atom. The number of anilines is 1. The van der Waals surface area contributed by atoms with Gasteiger partial charge in [-0.25, -0.2) is 4.39 Å². The van der Waals surface area contributed by atoms with Gasteiger partial charge in [0.25, 0.3) is 5.91 Å². The molecule has 1 saturated heterocycles. The summed E-state index contributed by atoms with van der Waals surface area (Å²) in [6.45, 7) is 6.11. The maximum Gasteiger partial charge on any atom is 0.251 e. The first-order valence-corrected chi connectivity index (χ1v) is 10.4. The molecule has 1 unspecified atom stereocenters. The van der Waals surface area contributed by atoms with Crippen LogP contribution in [0.2, 0.25) is 0 Å². The summed E-state index contributed by atoms with van der Waals surface area (Å²) in [6, 6.07) is 15.4. The summed E-state index contributed by atoms with van der Waals surface area (Å²) in [5, 5.41) is 5.81. The molecule has 1 atom stereocenters. The second-order valence-electron chi connectivity index (χ2n) is 7.44. The number of carbonyl (C=O) groups excluding carboxylic acids is 2. The van der Waals surface area contributed by atoms with E-state index in [1.54, 1.807) is 24.3 Å². The van der Waals surface area contributed by atoms with E-state index in [2.05, 4.69) is 20.4 Å². The standard InChI is InChI=1S/C23H29FN4O2/c1-18(27-14-16-28(17-15-27)21-10-8-20(24)9-11-21)22(29)25-12-5-13-26-23(30)19-6-3-2-4-7-19/h2-4,6-11,18H,5,12-17H2,1H3,(H,25,29)(H,26,30). The molecule has 0 aliphatic carbocycles. The maximum absolute atomic E-state index is 13.1. The predicted molar refractivity (Wildman–Crippen MR) is 116 cm³/mol. The molecular formula is C23H29FN4O2. The minimum Gasteiger partial charge on any atom is -0.369 e. The zero-order valence-electron chi connectivity index (χ0n) is 17.3. The molecule has 160 valence electrons. The van der Waals surface area contributed by atoms with Crippen LogP contribution in [-0.2, 0) is 4.79 Å². The van der Waals surface area contributed by atoms with Crippen LogP contribution in [0.1, 0.15) is 23.7 Å². The minimum atomic E-state index is -0.234. The third-order valence-corrected chi connectivity index (χ3v) is 5.41. The summed E-state index contributed by atoms with van der Waals surface area (Å²) in [4.78, 5) is 28.8. The van der Waals surface area contributed by atoms with Crippen LogP contribution in [0.4, 0.5) is 10.1 Å². The van der Waals surface area contributed by atoms with Crippen molar-refractivity contribution >= 4 is 17.5 Å². The lowest BCUT2D eigenvalue weighted by atomic mass is 10.2. The Bertz CT molecular complexity index is 821. The van der Waals surface area contributed by atoms with Crippen LogP contribution in [0.3, 0.4) is 0 Å². The zero-order chi connectivity index (χ0) is 21.3. The fourth-order valence-electron chi connectivity index (χ4n) is 3.53. The summed E-state index contributed by atoms with van der Waals surface area (Å²) in [5.41, 5.74) is 1.64. The number of amides is 2. The van der Waals surface area contributed by atoms with E-state index in [1.807, 2.05) is 25.1 Å². The molecule has 7 heteroatoms. The molecule has 0 aromatic heterocycles. The summed E-state index contributed by atoms with van der Waals surface area (Å²) in [6.07, 6.45) is 0.676. The number of nitrogens with one attached hydrogen (secondary N) is 2. The van der Waals surface area contributed by atoms with Crippen LogP contribution in [0.25, 0.3) is 0 Å². The molecule has 2 amide bonds. The maximum atomic E-state index is 13.1. The van der Waals surface area contributed by atoms with E-state index in [9.17, 15) is 14.0 Å². The fourth-order valence-corrected chi connectivity index (χ4v) is 3.53. The number of benzene rings is 2. The van der Waals surface area contributed by atoms with Gasteiger partial charge in [-0.05, 0) is 49.7 Å². The molecule has 0 bridgehead atoms. The molecule has 2 aromatic carbocycles. The van der Waals surface area contributed by atoms with E-state index in [0.717, 1.165) is 31.9 Å². The van der Waals surface area contributed by atoms with Gasteiger partial charge in [0.15, 0.2) is 0 Å². The van der Waals surface area contributed by atoms with Crippen molar-refractivity contribution in [2.75, 3.05) is 44.2 Å². The number of rotatable bonds is 8. The number of piperazine rings is 1. The monoisotopic (exact) mass is 412 g/mol. The molecule has 2 aromatic rings. The quantitative estimate of drug-likeness (QED) is 0.653. The van der Waals surface area contributed by atoms with Crippen LogP contribution < -0.4 is 15.5 Å². The van der Waals surface area contributed by atoms with Gasteiger partial charge in [-0.15, -0.1) is 0 Å². The van der Waals surface area contributed by atoms with Crippen LogP contribution in [-0.4, -0.2) is 62.0 Å². The number of hydrogen-bond donors (Lipinski definition) is 2. The first kappa shape index (κ1) is 21.8. The number of carbonyl (C=O) groups is 2. The highest BCUT2D eigenvalue weighted by molar-refractivity contribution is 5.94. The topological polar surface area (TPSA) is 64.7 Å². The molecular weight excluding hydrogens is 383 g/mol. The lowest BCUT2D eigenvalue weighted by molar-refractivity contribution is -0.126. The molecule has 2 N–H and O–H groups in total. The van der Waals surface area contributed by atoms with Crippen molar-refractivity contribution in [3.8, 4) is 0 Å². The Kier molecular flexibility index (Phi) is 7.79. The smallest absolute Gasteiger partial charge is 0.251 e. The van der Waals surface area contributed by atoms with Crippen molar-refractivity contribution < 1.29 is 14.0 Å². The van der Waals surface area contributed by atoms with Gasteiger partial charge in [-0.1, -0.05) is 18.2 Å². The van der Waals surface area contributed by atoms with E-state index in [1.165, 1.54) is 12.1 Å². The van der Waals surface area contributed by atoms with Gasteiger partial charge in [0, 0.05) is 50.5 Å². The largest absolute Gasteiger partial charge is 0.369 e. The normalized spacial score (nSPS) is 15.5. The molecule has 0 radical (unpaired) electrons. The number of halogens is 1. The lowest BCUT2D eigenvalue weighted by Crippen LogP contribution is -2.54. The highest BCUT2D eigenvalue weighted by Crippen LogP contribution is 2.17. The Labute approximate surface area is 177 Å². The Morgan fingerprint density at radius 2 is 1.57 bits per heavy atom. The Hall–Kier alpha value is -2.93. The van der Waals surface area contributed by atoms with Crippen molar-refractivity contribution in [2.45, 2.75) is 19.4 Å². The Balaban J connectivity index is 1.33. The van der Waals surface area contributed by atoms with Crippen molar-refractivity contribution in [1.82, 2.24) is 15.5 Å². The summed E-state index contributed by atoms with van der Waals surface area (Å²) in [5.74, 6) is -0.337. The van der Waals surface area contributed by atoms with Gasteiger partial charge in [-0.2, -0.15) is 0 Å². The van der Waals surface area contributed by atoms with Gasteiger partial charge in [0.05, 0.1) is 6.04 Å². The predicted octanol–water partition coefficient (Wildman–Crippen LogP) is 2.27. The molecule has 0 saturated carbocycles. The zero-order valence-corrected chi connectivity index (χ0v) is 17.3. The molecule has 6 nitrogen and oxygen atoms in total. The van der Waals surface area contributed by atoms with Gasteiger partial charge >= 0.3 is 0 Å². The Morgan fingerprint density at radius 1 is 0.933 bits per heavy atom. The summed E-state index contributed by atoms with van der Waals surface area (Å²) in [7, 11) is 0. The van der Waals surface area contributed by atoms with Crippen LogP contribution in [0.15, 0.2) is 54.6 Å². The van der Waals surface area contributed by atoms with E-state index in [-0.39, 0.29) is 23.7 Å². The average molecular weight is 413 g/mol. The molecule has 1 fully saturated rings. The number of hydrogen-bond acceptors (Lipinski definition) is 4. The van der Waals surface area contributed by atoms with E-state index >= 15 is 0 Å². The average Bonchev–Trinajstić information content (AvgIpc) is 2.79. The van der Waals surface area contributed by atoms with E-state index < -0.39 is 0 Å². The first-order chi connectivity index (χ1) is 14.5. The highest BCUT2D eigenvalue weighted by atomic mass is 19.1. The van der Waals surface area contributed by atoms with Crippen molar-refractivity contribution in [3.63, 3.8) is 0 Å². The van der Waals surface area contributed by atoms with E-state index in [4.69, 9.17) is 0 Å². The second kappa shape index (κ2) is 10.7. The lowest BCUT2D eigenvalue weighted by Gasteiger charge is -2.38. The van der Waals surface area contributed by atoms with Crippen molar-refractivity contribution in [2.24, 2.45) is 0 Å². The second-order valence-corrected chi connectivity index (χ2v) is 7.44. The van der Waals surface area contributed by atoms with Gasteiger partial charge in [-0.3, -0.25) is 14.5 Å². The molecule has 0 spiro atoms. The SMILES string of the molecule is CC(C(=O)NCCCNC(=O)c1ccccc1)N1CCN(c2ccc(F)cc2)CC1. The molecule has 3 rings (SSSR count). The minimum absolute atomic E-state index is 0.000354. The summed E-state index contributed by atoms with van der Waals surface area (Å²) < 4.78 is 13.1. The van der Waals surface area contributed by atoms with Gasteiger partial charge in [0.1, 0.15) is 5.82 Å². The molecule has 30 heavy (non-hydrogen) atoms. The fraction of sp³-hybridized carbons (Fsp3) is 0.391. The van der Waals surface area contributed by atoms with E-state index in [0.29, 0.717) is 25.1 Å². The molecule has 1 aliphatic rings. The first-order valence-electron chi connectivity index (χ1n) is 10.4. The number of nitrogens with zero attached hydrogens (tertiary/aromatic N) is 2. The van der Waals surface area contributed by atoms with Crippen molar-refractivity contribution in [1.29, 1.82) is 0 Å². The van der Waals surface area contributed by atoms with Gasteiger partial charge in [0.2, 0.25) is 5.91 Å². The third-order valence-electron chi connectivity index (χ3n) is 5.41. The summed E-state index contributed by atoms with van der Waals surface area (Å²) >= 11 is 0. The van der Waals surface area contributed by atoms with Crippen LogP contribution in [0, 0.1) is 5.82 Å². The third kappa shape index (κ3) is 6.03. The molecule has 1 aliphatic heterocycles. The highest BCUT2D eigenvalue weighted by Gasteiger charge is 2.25.